The first-order valence-electron chi connectivity index (χ1n) is 9.32. The molecule has 0 heterocycles. The molecule has 2 aromatic rings. The molecule has 4 heteroatoms. The van der Waals surface area contributed by atoms with Crippen molar-refractivity contribution in [3.05, 3.63) is 47.5 Å². The van der Waals surface area contributed by atoms with E-state index in [2.05, 4.69) is 83.7 Å². The zero-order chi connectivity index (χ0) is 20.6. The number of ether oxygens (including phenoxy) is 2. The fourth-order valence-electron chi connectivity index (χ4n) is 2.75. The molecule has 2 rings (SSSR count). The summed E-state index contributed by atoms with van der Waals surface area (Å²) in [6.45, 7) is 13.3. The fraction of sp³-hybridized carbons (Fsp3) is 0.478. The summed E-state index contributed by atoms with van der Waals surface area (Å²) in [6.07, 6.45) is 2.07. The van der Waals surface area contributed by atoms with Crippen LogP contribution in [0.1, 0.15) is 50.7 Å². The molecule has 0 saturated carbocycles. The van der Waals surface area contributed by atoms with Crippen LogP contribution in [0.15, 0.2) is 41.3 Å². The third-order valence-electron chi connectivity index (χ3n) is 4.42. The van der Waals surface area contributed by atoms with Crippen molar-refractivity contribution in [3.63, 3.8) is 0 Å². The molecule has 0 aliphatic rings. The van der Waals surface area contributed by atoms with Gasteiger partial charge in [0.25, 0.3) is 0 Å². The smallest absolute Gasteiger partial charge is 0.123 e. The van der Waals surface area contributed by atoms with E-state index >= 15 is 0 Å². The Bertz CT molecular complexity index is 712. The Balaban J connectivity index is 0.000000271. The van der Waals surface area contributed by atoms with E-state index in [4.69, 9.17) is 9.47 Å². The monoisotopic (exact) mass is 406 g/mol. The Morgan fingerprint density at radius 3 is 1.67 bits per heavy atom. The van der Waals surface area contributed by atoms with Gasteiger partial charge in [-0.25, -0.2) is 0 Å². The SMILES string of the molecule is COc1cc(P(C)C)ccc1C(C)C.COc1cc(SC)ccc1C(C)C. The Kier molecular flexibility index (Phi) is 10.3. The van der Waals surface area contributed by atoms with Gasteiger partial charge < -0.3 is 9.47 Å². The molecular formula is C23H35O2PS. The summed E-state index contributed by atoms with van der Waals surface area (Å²) in [7, 11) is 3.45. The van der Waals surface area contributed by atoms with Crippen LogP contribution in [-0.2, 0) is 0 Å². The highest BCUT2D eigenvalue weighted by Gasteiger charge is 2.09. The molecule has 0 atom stereocenters. The number of hydrogen-bond acceptors (Lipinski definition) is 3. The van der Waals surface area contributed by atoms with Crippen molar-refractivity contribution in [2.45, 2.75) is 44.4 Å². The molecule has 0 aliphatic heterocycles. The maximum atomic E-state index is 5.41. The lowest BCUT2D eigenvalue weighted by molar-refractivity contribution is 0.406. The van der Waals surface area contributed by atoms with Gasteiger partial charge in [0.1, 0.15) is 11.5 Å². The lowest BCUT2D eigenvalue weighted by Crippen LogP contribution is -2.03. The number of thioether (sulfide) groups is 1. The van der Waals surface area contributed by atoms with Crippen molar-refractivity contribution in [1.82, 2.24) is 0 Å². The van der Waals surface area contributed by atoms with Crippen molar-refractivity contribution in [2.24, 2.45) is 0 Å². The van der Waals surface area contributed by atoms with Crippen LogP contribution in [0, 0.1) is 0 Å². The van der Waals surface area contributed by atoms with Gasteiger partial charge in [0.15, 0.2) is 0 Å². The molecule has 0 aromatic heterocycles. The average molecular weight is 407 g/mol. The van der Waals surface area contributed by atoms with Gasteiger partial charge in [-0.3, -0.25) is 0 Å². The van der Waals surface area contributed by atoms with Gasteiger partial charge in [-0.15, -0.1) is 11.8 Å². The minimum atomic E-state index is -0.0292. The van der Waals surface area contributed by atoms with Gasteiger partial charge in [0.05, 0.1) is 14.2 Å². The summed E-state index contributed by atoms with van der Waals surface area (Å²) < 4.78 is 10.7. The van der Waals surface area contributed by atoms with Crippen LogP contribution in [0.5, 0.6) is 11.5 Å². The van der Waals surface area contributed by atoms with Gasteiger partial charge in [-0.1, -0.05) is 53.8 Å². The second-order valence-electron chi connectivity index (χ2n) is 7.24. The largest absolute Gasteiger partial charge is 0.496 e. The van der Waals surface area contributed by atoms with Gasteiger partial charge in [-0.2, -0.15) is 0 Å². The van der Waals surface area contributed by atoms with Gasteiger partial charge >= 0.3 is 0 Å². The summed E-state index contributed by atoms with van der Waals surface area (Å²) in [5.41, 5.74) is 2.58. The predicted octanol–water partition coefficient (Wildman–Crippen LogP) is 6.73. The van der Waals surface area contributed by atoms with Crippen LogP contribution in [0.25, 0.3) is 0 Å². The quantitative estimate of drug-likeness (QED) is 0.392. The summed E-state index contributed by atoms with van der Waals surface area (Å²) >= 11 is 1.74. The van der Waals surface area contributed by atoms with Crippen molar-refractivity contribution in [2.75, 3.05) is 33.8 Å². The fourth-order valence-corrected chi connectivity index (χ4v) is 3.93. The van der Waals surface area contributed by atoms with Crippen LogP contribution >= 0.6 is 19.7 Å². The first-order chi connectivity index (χ1) is 12.7. The maximum Gasteiger partial charge on any atom is 0.123 e. The summed E-state index contributed by atoms with van der Waals surface area (Å²) in [6, 6.07) is 13.0. The number of rotatable bonds is 6. The maximum absolute atomic E-state index is 5.41. The van der Waals surface area contributed by atoms with Gasteiger partial charge in [-0.05, 0) is 66.1 Å². The topological polar surface area (TPSA) is 18.5 Å². The first kappa shape index (κ1) is 23.9. The van der Waals surface area contributed by atoms with Crippen molar-refractivity contribution in [3.8, 4) is 11.5 Å². The molecule has 2 aromatic carbocycles. The van der Waals surface area contributed by atoms with E-state index < -0.39 is 0 Å². The second-order valence-corrected chi connectivity index (χ2v) is 10.4. The van der Waals surface area contributed by atoms with Crippen molar-refractivity contribution < 1.29 is 9.47 Å². The Hall–Kier alpha value is -1.18. The van der Waals surface area contributed by atoms with Gasteiger partial charge in [0.2, 0.25) is 0 Å². The minimum absolute atomic E-state index is 0.0292. The third-order valence-corrected chi connectivity index (χ3v) is 6.45. The van der Waals surface area contributed by atoms with Crippen LogP contribution in [0.4, 0.5) is 0 Å². The molecule has 0 N–H and O–H groups in total. The summed E-state index contributed by atoms with van der Waals surface area (Å²) in [4.78, 5) is 1.25. The molecule has 0 aliphatic carbocycles. The van der Waals surface area contributed by atoms with Crippen molar-refractivity contribution in [1.29, 1.82) is 0 Å². The average Bonchev–Trinajstić information content (AvgIpc) is 2.66. The molecule has 0 spiro atoms. The molecule has 0 amide bonds. The second kappa shape index (κ2) is 11.6. The number of hydrogen-bond donors (Lipinski definition) is 0. The number of benzene rings is 2. The Labute approximate surface area is 171 Å². The molecule has 150 valence electrons. The van der Waals surface area contributed by atoms with Crippen LogP contribution in [0.3, 0.4) is 0 Å². The summed E-state index contributed by atoms with van der Waals surface area (Å²) in [5, 5.41) is 1.40. The van der Waals surface area contributed by atoms with E-state index in [0.717, 1.165) is 11.5 Å². The predicted molar refractivity (Wildman–Crippen MR) is 124 cm³/mol. The highest BCUT2D eigenvalue weighted by molar-refractivity contribution is 7.98. The van der Waals surface area contributed by atoms with E-state index in [0.29, 0.717) is 11.8 Å². The third kappa shape index (κ3) is 7.05. The Morgan fingerprint density at radius 1 is 0.778 bits per heavy atom. The van der Waals surface area contributed by atoms with Gasteiger partial charge in [0, 0.05) is 4.90 Å². The van der Waals surface area contributed by atoms with E-state index in [1.807, 2.05) is 0 Å². The normalized spacial score (nSPS) is 10.8. The molecular weight excluding hydrogens is 371 g/mol. The molecule has 0 bridgehead atoms. The molecule has 0 radical (unpaired) electrons. The van der Waals surface area contributed by atoms with E-state index in [1.165, 1.54) is 21.3 Å². The molecule has 0 unspecified atom stereocenters. The molecule has 0 fully saturated rings. The first-order valence-corrected chi connectivity index (χ1v) is 12.8. The van der Waals surface area contributed by atoms with Crippen LogP contribution < -0.4 is 14.8 Å². The minimum Gasteiger partial charge on any atom is -0.496 e. The molecule has 27 heavy (non-hydrogen) atoms. The highest BCUT2D eigenvalue weighted by Crippen LogP contribution is 2.31. The standard InChI is InChI=1S/C12H19OP.C11H16OS/c1-9(2)11-7-6-10(14(4)5)8-12(11)13-3;1-8(2)10-6-5-9(13-4)7-11(10)12-3/h6-9H,1-5H3;5-8H,1-4H3. The van der Waals surface area contributed by atoms with Crippen molar-refractivity contribution >= 4 is 25.0 Å². The van der Waals surface area contributed by atoms with E-state index in [9.17, 15) is 0 Å². The zero-order valence-electron chi connectivity index (χ0n) is 18.3. The highest BCUT2D eigenvalue weighted by atomic mass is 32.2. The van der Waals surface area contributed by atoms with E-state index in [1.54, 1.807) is 26.0 Å². The van der Waals surface area contributed by atoms with Crippen LogP contribution in [-0.4, -0.2) is 33.8 Å². The lowest BCUT2D eigenvalue weighted by Gasteiger charge is -2.14. The van der Waals surface area contributed by atoms with Crippen LogP contribution in [0.2, 0.25) is 0 Å². The summed E-state index contributed by atoms with van der Waals surface area (Å²) in [5.74, 6) is 3.08. The molecule has 2 nitrogen and oxygen atoms in total. The number of methoxy groups -OCH3 is 2. The van der Waals surface area contributed by atoms with E-state index in [-0.39, 0.29) is 7.92 Å². The lowest BCUT2D eigenvalue weighted by atomic mass is 10.0. The Morgan fingerprint density at radius 2 is 1.26 bits per heavy atom. The molecule has 0 saturated heterocycles. The zero-order valence-corrected chi connectivity index (χ0v) is 20.0.